The molecule has 0 atom stereocenters. The molecule has 0 saturated carbocycles. The van der Waals surface area contributed by atoms with E-state index < -0.39 is 11.7 Å². The molecule has 0 aliphatic heterocycles. The highest BCUT2D eigenvalue weighted by Crippen LogP contribution is 2.32. The van der Waals surface area contributed by atoms with Crippen LogP contribution in [-0.2, 0) is 22.6 Å². The Morgan fingerprint density at radius 3 is 2.22 bits per heavy atom. The number of ether oxygens (including phenoxy) is 1. The zero-order chi connectivity index (χ0) is 16.9. The summed E-state index contributed by atoms with van der Waals surface area (Å²) in [4.78, 5) is 9.74. The molecule has 0 aromatic heterocycles. The molecular formula is C16H16F3NO3. The minimum atomic E-state index is -4.37. The first-order valence-electron chi connectivity index (χ1n) is 6.88. The number of anilines is 1. The molecule has 23 heavy (non-hydrogen) atoms. The van der Waals surface area contributed by atoms with E-state index in [1.807, 2.05) is 0 Å². The molecule has 0 fully saturated rings. The quantitative estimate of drug-likeness (QED) is 0.366. The zero-order valence-corrected chi connectivity index (χ0v) is 12.4. The summed E-state index contributed by atoms with van der Waals surface area (Å²) in [5.74, 6) is 0.730. The molecule has 0 aliphatic carbocycles. The Balaban J connectivity index is 2.09. The predicted molar refractivity (Wildman–Crippen MR) is 78.8 cm³/mol. The molecule has 2 rings (SSSR count). The van der Waals surface area contributed by atoms with Gasteiger partial charge >= 0.3 is 6.18 Å². The maximum Gasteiger partial charge on any atom is 0.416 e. The average Bonchev–Trinajstić information content (AvgIpc) is 2.50. The Labute approximate surface area is 131 Å². The predicted octanol–water partition coefficient (Wildman–Crippen LogP) is 4.55. The lowest BCUT2D eigenvalue weighted by atomic mass is 10.2. The van der Waals surface area contributed by atoms with Crippen LogP contribution in [0.3, 0.4) is 0 Å². The van der Waals surface area contributed by atoms with Crippen LogP contribution in [-0.4, -0.2) is 6.61 Å². The van der Waals surface area contributed by atoms with Crippen LogP contribution in [0.15, 0.2) is 42.5 Å². The lowest BCUT2D eigenvalue weighted by Crippen LogP contribution is -2.04. The molecule has 4 nitrogen and oxygen atoms in total. The Morgan fingerprint density at radius 1 is 0.957 bits per heavy atom. The van der Waals surface area contributed by atoms with Gasteiger partial charge in [-0.1, -0.05) is 0 Å². The van der Waals surface area contributed by atoms with Crippen molar-refractivity contribution in [3.05, 3.63) is 53.6 Å². The second-order valence-electron chi connectivity index (χ2n) is 4.65. The van der Waals surface area contributed by atoms with E-state index in [4.69, 9.17) is 20.2 Å². The second kappa shape index (κ2) is 7.34. The van der Waals surface area contributed by atoms with Crippen LogP contribution < -0.4 is 10.5 Å². The first-order chi connectivity index (χ1) is 10.9. The van der Waals surface area contributed by atoms with Crippen molar-refractivity contribution in [1.29, 1.82) is 0 Å². The Bertz CT molecular complexity index is 642. The van der Waals surface area contributed by atoms with E-state index in [0.29, 0.717) is 29.4 Å². The molecule has 0 radical (unpaired) electrons. The Kier molecular flexibility index (Phi) is 5.46. The highest BCUT2D eigenvalue weighted by atomic mass is 19.4. The minimum Gasteiger partial charge on any atom is -0.457 e. The van der Waals surface area contributed by atoms with Crippen LogP contribution in [0.1, 0.15) is 18.1 Å². The Morgan fingerprint density at radius 2 is 1.61 bits per heavy atom. The molecule has 0 bridgehead atoms. The molecule has 0 unspecified atom stereocenters. The van der Waals surface area contributed by atoms with Crippen LogP contribution >= 0.6 is 0 Å². The fraction of sp³-hybridized carbons (Fsp3) is 0.250. The van der Waals surface area contributed by atoms with Crippen molar-refractivity contribution in [2.75, 3.05) is 12.3 Å². The van der Waals surface area contributed by atoms with Gasteiger partial charge in [-0.2, -0.15) is 13.2 Å². The monoisotopic (exact) mass is 327 g/mol. The van der Waals surface area contributed by atoms with E-state index in [9.17, 15) is 13.2 Å². The molecule has 0 saturated heterocycles. The molecule has 0 spiro atoms. The average molecular weight is 327 g/mol. The normalized spacial score (nSPS) is 11.5. The fourth-order valence-corrected chi connectivity index (χ4v) is 1.81. The fourth-order valence-electron chi connectivity index (χ4n) is 1.81. The van der Waals surface area contributed by atoms with Gasteiger partial charge in [0.2, 0.25) is 0 Å². The van der Waals surface area contributed by atoms with Gasteiger partial charge < -0.3 is 10.5 Å². The molecular weight excluding hydrogens is 311 g/mol. The van der Waals surface area contributed by atoms with Gasteiger partial charge in [0.1, 0.15) is 18.1 Å². The van der Waals surface area contributed by atoms with Crippen LogP contribution in [0.2, 0.25) is 0 Å². The Hall–Kier alpha value is -2.25. The summed E-state index contributed by atoms with van der Waals surface area (Å²) >= 11 is 0. The van der Waals surface area contributed by atoms with Gasteiger partial charge in [-0.25, -0.2) is 9.78 Å². The number of rotatable bonds is 6. The highest BCUT2D eigenvalue weighted by Gasteiger charge is 2.30. The number of benzene rings is 2. The van der Waals surface area contributed by atoms with E-state index in [-0.39, 0.29) is 6.61 Å². The third-order valence-corrected chi connectivity index (χ3v) is 2.95. The molecule has 0 aliphatic rings. The van der Waals surface area contributed by atoms with E-state index in [2.05, 4.69) is 0 Å². The summed E-state index contributed by atoms with van der Waals surface area (Å²) in [6, 6.07) is 9.34. The van der Waals surface area contributed by atoms with Crippen LogP contribution in [0.5, 0.6) is 11.5 Å². The lowest BCUT2D eigenvalue weighted by Gasteiger charge is -2.11. The number of halogens is 3. The number of hydrogen-bond acceptors (Lipinski definition) is 4. The molecule has 2 aromatic carbocycles. The molecule has 0 heterocycles. The van der Waals surface area contributed by atoms with Crippen LogP contribution in [0.4, 0.5) is 18.9 Å². The van der Waals surface area contributed by atoms with Crippen molar-refractivity contribution in [3.63, 3.8) is 0 Å². The van der Waals surface area contributed by atoms with Gasteiger partial charge in [0.15, 0.2) is 0 Å². The van der Waals surface area contributed by atoms with Gasteiger partial charge in [0.05, 0.1) is 12.2 Å². The minimum absolute atomic E-state index is 0.143. The van der Waals surface area contributed by atoms with Crippen molar-refractivity contribution in [2.45, 2.75) is 19.7 Å². The summed E-state index contributed by atoms with van der Waals surface area (Å²) in [7, 11) is 0. The second-order valence-corrected chi connectivity index (χ2v) is 4.65. The van der Waals surface area contributed by atoms with Crippen molar-refractivity contribution in [1.82, 2.24) is 0 Å². The first kappa shape index (κ1) is 17.1. The molecule has 2 N–H and O–H groups in total. The first-order valence-corrected chi connectivity index (χ1v) is 6.88. The van der Waals surface area contributed by atoms with Gasteiger partial charge in [-0.3, -0.25) is 0 Å². The largest absolute Gasteiger partial charge is 0.457 e. The number of nitrogen functional groups attached to an aromatic ring is 1. The van der Waals surface area contributed by atoms with Crippen molar-refractivity contribution < 1.29 is 27.7 Å². The number of hydrogen-bond donors (Lipinski definition) is 1. The van der Waals surface area contributed by atoms with Gasteiger partial charge in [0.25, 0.3) is 0 Å². The highest BCUT2D eigenvalue weighted by molar-refractivity contribution is 5.51. The maximum atomic E-state index is 12.5. The summed E-state index contributed by atoms with van der Waals surface area (Å²) in [6.07, 6.45) is -4.37. The summed E-state index contributed by atoms with van der Waals surface area (Å²) in [6.45, 7) is 2.33. The van der Waals surface area contributed by atoms with Gasteiger partial charge in [0, 0.05) is 11.3 Å². The number of nitrogens with two attached hydrogens (primary N) is 1. The lowest BCUT2D eigenvalue weighted by molar-refractivity contribution is -0.300. The summed E-state index contributed by atoms with van der Waals surface area (Å²) < 4.78 is 43.1. The van der Waals surface area contributed by atoms with Crippen LogP contribution in [0, 0.1) is 0 Å². The molecule has 2 aromatic rings. The van der Waals surface area contributed by atoms with Crippen molar-refractivity contribution in [2.24, 2.45) is 0 Å². The molecule has 0 amide bonds. The standard InChI is InChI=1S/C16H16F3NO3/c1-2-21-22-10-11-9-14(7-8-15(11)20)23-13-5-3-12(4-6-13)16(17,18)19/h3-9H,2,10,20H2,1H3. The topological polar surface area (TPSA) is 53.7 Å². The maximum absolute atomic E-state index is 12.5. The smallest absolute Gasteiger partial charge is 0.416 e. The van der Waals surface area contributed by atoms with E-state index >= 15 is 0 Å². The van der Waals surface area contributed by atoms with Gasteiger partial charge in [-0.15, -0.1) is 0 Å². The van der Waals surface area contributed by atoms with E-state index in [1.54, 1.807) is 25.1 Å². The zero-order valence-electron chi connectivity index (χ0n) is 12.4. The van der Waals surface area contributed by atoms with Crippen molar-refractivity contribution in [3.8, 4) is 11.5 Å². The SMILES string of the molecule is CCOOCc1cc(Oc2ccc(C(F)(F)F)cc2)ccc1N. The summed E-state index contributed by atoms with van der Waals surface area (Å²) in [5.41, 5.74) is 6.25. The van der Waals surface area contributed by atoms with Gasteiger partial charge in [-0.05, 0) is 49.4 Å². The van der Waals surface area contributed by atoms with E-state index in [1.165, 1.54) is 12.1 Å². The number of alkyl halides is 3. The van der Waals surface area contributed by atoms with Crippen LogP contribution in [0.25, 0.3) is 0 Å². The third-order valence-electron chi connectivity index (χ3n) is 2.95. The van der Waals surface area contributed by atoms with E-state index in [0.717, 1.165) is 12.1 Å². The molecule has 124 valence electrons. The summed E-state index contributed by atoms with van der Waals surface area (Å²) in [5, 5.41) is 0. The molecule has 7 heteroatoms. The van der Waals surface area contributed by atoms with Crippen molar-refractivity contribution >= 4 is 5.69 Å². The third kappa shape index (κ3) is 4.87.